The maximum atomic E-state index is 12.3. The molecule has 1 aromatic carbocycles. The van der Waals surface area contributed by atoms with Crippen LogP contribution in [0.1, 0.15) is 29.8 Å². The smallest absolute Gasteiger partial charge is 0.330 e. The maximum Gasteiger partial charge on any atom is 0.330 e. The van der Waals surface area contributed by atoms with Crippen molar-refractivity contribution in [2.24, 2.45) is 5.73 Å². The Hall–Kier alpha value is -2.62. The molecule has 1 rings (SSSR count). The van der Waals surface area contributed by atoms with Crippen LogP contribution in [-0.4, -0.2) is 42.3 Å². The van der Waals surface area contributed by atoms with Crippen molar-refractivity contribution in [3.63, 3.8) is 0 Å². The lowest BCUT2D eigenvalue weighted by Gasteiger charge is -2.28. The summed E-state index contributed by atoms with van der Waals surface area (Å²) in [6.07, 6.45) is 3.07. The van der Waals surface area contributed by atoms with E-state index in [2.05, 4.69) is 21.9 Å². The summed E-state index contributed by atoms with van der Waals surface area (Å²) >= 11 is 0. The zero-order valence-electron chi connectivity index (χ0n) is 14.0. The molecule has 4 N–H and O–H groups in total. The quantitative estimate of drug-likeness (QED) is 0.542. The highest BCUT2D eigenvalue weighted by Gasteiger charge is 2.34. The summed E-state index contributed by atoms with van der Waals surface area (Å²) in [4.78, 5) is 24.1. The fourth-order valence-electron chi connectivity index (χ4n) is 1.82. The van der Waals surface area contributed by atoms with Crippen molar-refractivity contribution in [1.29, 1.82) is 0 Å². The van der Waals surface area contributed by atoms with Crippen LogP contribution in [0.25, 0.3) is 0 Å². The van der Waals surface area contributed by atoms with E-state index in [1.54, 1.807) is 44.2 Å². The van der Waals surface area contributed by atoms with E-state index >= 15 is 0 Å². The second-order valence-electron chi connectivity index (χ2n) is 5.68. The number of carbonyl (C=O) groups excluding carboxylic acids is 2. The Kier molecular flexibility index (Phi) is 7.18. The average Bonchev–Trinajstić information content (AvgIpc) is 2.55. The first-order valence-electron chi connectivity index (χ1n) is 7.34. The second-order valence-corrected chi connectivity index (χ2v) is 5.68. The fourth-order valence-corrected chi connectivity index (χ4v) is 1.82. The number of ether oxygens (including phenoxy) is 1. The first kappa shape index (κ1) is 19.4. The number of aliphatic hydroxyl groups is 1. The lowest BCUT2D eigenvalue weighted by atomic mass is 9.95. The summed E-state index contributed by atoms with van der Waals surface area (Å²) in [5, 5.41) is 11.2. The van der Waals surface area contributed by atoms with Gasteiger partial charge in [0.2, 0.25) is 0 Å². The molecule has 0 saturated heterocycles. The van der Waals surface area contributed by atoms with Gasteiger partial charge in [-0.25, -0.2) is 4.79 Å². The van der Waals surface area contributed by atoms with Gasteiger partial charge in [0.05, 0.1) is 13.7 Å². The monoisotopic (exact) mass is 330 g/mol. The number of amides is 1. The third-order valence-corrected chi connectivity index (χ3v) is 3.13. The molecule has 0 bridgehead atoms. The van der Waals surface area contributed by atoms with Crippen molar-refractivity contribution in [1.82, 2.24) is 5.32 Å². The Labute approximate surface area is 141 Å². The summed E-state index contributed by atoms with van der Waals surface area (Å²) in [7, 11) is 1.24. The Balaban J connectivity index is 2.85. The van der Waals surface area contributed by atoms with Gasteiger partial charge in [-0.2, -0.15) is 0 Å². The van der Waals surface area contributed by atoms with Crippen LogP contribution in [0.4, 0.5) is 0 Å². The van der Waals surface area contributed by atoms with Gasteiger partial charge in [0.15, 0.2) is 0 Å². The number of nitrogens with one attached hydrogen (secondary N) is 1. The molecular formula is C18H22N2O4. The van der Waals surface area contributed by atoms with Gasteiger partial charge in [0.25, 0.3) is 5.91 Å². The molecule has 0 heterocycles. The molecule has 0 aromatic heterocycles. The highest BCUT2D eigenvalue weighted by atomic mass is 16.5. The largest absolute Gasteiger partial charge is 0.467 e. The summed E-state index contributed by atoms with van der Waals surface area (Å²) in [5.74, 6) is 4.59. The van der Waals surface area contributed by atoms with Crippen LogP contribution < -0.4 is 11.1 Å². The average molecular weight is 330 g/mol. The van der Waals surface area contributed by atoms with E-state index in [0.717, 1.165) is 5.56 Å². The zero-order chi connectivity index (χ0) is 18.2. The number of allylic oxidation sites excluding steroid dienone is 1. The van der Waals surface area contributed by atoms with Crippen molar-refractivity contribution in [3.05, 3.63) is 47.5 Å². The number of nitrogens with two attached hydrogens (primary N) is 1. The van der Waals surface area contributed by atoms with Crippen LogP contribution in [0.15, 0.2) is 36.4 Å². The van der Waals surface area contributed by atoms with Crippen LogP contribution in [0.5, 0.6) is 0 Å². The lowest BCUT2D eigenvalue weighted by Crippen LogP contribution is -2.59. The molecule has 1 amide bonds. The minimum atomic E-state index is -0.965. The van der Waals surface area contributed by atoms with Crippen molar-refractivity contribution in [2.45, 2.75) is 25.4 Å². The summed E-state index contributed by atoms with van der Waals surface area (Å²) < 4.78 is 4.68. The van der Waals surface area contributed by atoms with E-state index in [1.165, 1.54) is 13.2 Å². The molecule has 128 valence electrons. The normalized spacial score (nSPS) is 12.2. The lowest BCUT2D eigenvalue weighted by molar-refractivity contribution is -0.144. The van der Waals surface area contributed by atoms with E-state index in [-0.39, 0.29) is 6.61 Å². The Bertz CT molecular complexity index is 661. The maximum absolute atomic E-state index is 12.3. The molecule has 1 atom stereocenters. The van der Waals surface area contributed by atoms with Crippen LogP contribution in [0.2, 0.25) is 0 Å². The predicted octanol–water partition coefficient (Wildman–Crippen LogP) is 0.595. The molecular weight excluding hydrogens is 308 g/mol. The molecule has 0 unspecified atom stereocenters. The molecule has 0 aliphatic rings. The Morgan fingerprint density at radius 2 is 2.00 bits per heavy atom. The second kappa shape index (κ2) is 8.87. The van der Waals surface area contributed by atoms with Gasteiger partial charge < -0.3 is 20.9 Å². The summed E-state index contributed by atoms with van der Waals surface area (Å²) in [6, 6.07) is 5.63. The highest BCUT2D eigenvalue weighted by Crippen LogP contribution is 2.10. The number of hydrogen-bond donors (Lipinski definition) is 3. The number of esters is 1. The van der Waals surface area contributed by atoms with Gasteiger partial charge >= 0.3 is 5.97 Å². The number of aliphatic hydroxyl groups excluding tert-OH is 1. The van der Waals surface area contributed by atoms with Gasteiger partial charge in [-0.3, -0.25) is 4.79 Å². The molecule has 0 spiro atoms. The minimum Gasteiger partial charge on any atom is -0.467 e. The number of benzene rings is 1. The highest BCUT2D eigenvalue weighted by molar-refractivity contribution is 5.97. The Morgan fingerprint density at radius 1 is 1.38 bits per heavy atom. The third-order valence-electron chi connectivity index (χ3n) is 3.13. The molecule has 0 aliphatic carbocycles. The van der Waals surface area contributed by atoms with Crippen LogP contribution in [-0.2, 0) is 9.53 Å². The van der Waals surface area contributed by atoms with Gasteiger partial charge in [-0.1, -0.05) is 17.9 Å². The van der Waals surface area contributed by atoms with Crippen LogP contribution >= 0.6 is 0 Å². The van der Waals surface area contributed by atoms with Crippen molar-refractivity contribution < 1.29 is 19.4 Å². The van der Waals surface area contributed by atoms with Crippen LogP contribution in [0, 0.1) is 11.8 Å². The number of hydrogen-bond acceptors (Lipinski definition) is 5. The first-order valence-corrected chi connectivity index (χ1v) is 7.34. The van der Waals surface area contributed by atoms with Gasteiger partial charge in [-0.15, -0.1) is 0 Å². The topological polar surface area (TPSA) is 102 Å². The first-order chi connectivity index (χ1) is 11.3. The third kappa shape index (κ3) is 5.88. The molecule has 0 aliphatic heterocycles. The minimum absolute atomic E-state index is 0.0629. The molecule has 0 fully saturated rings. The van der Waals surface area contributed by atoms with Gasteiger partial charge in [0, 0.05) is 16.7 Å². The molecule has 0 saturated carbocycles. The van der Waals surface area contributed by atoms with E-state index in [0.29, 0.717) is 5.56 Å². The summed E-state index contributed by atoms with van der Waals surface area (Å²) in [6.45, 7) is 3.20. The van der Waals surface area contributed by atoms with Crippen molar-refractivity contribution >= 4 is 11.9 Å². The van der Waals surface area contributed by atoms with E-state index in [9.17, 15) is 9.59 Å². The standard InChI is InChI=1S/C18H22N2O4/c1-18(2,19)15(17(23)24-3)20-16(22)14-10-8-13(9-11-14)7-5-4-6-12-21/h4,6,8-11,15,21H,12,19H2,1-3H3,(H,20,22)/b6-4+/t15-/m1/s1. The van der Waals surface area contributed by atoms with Crippen molar-refractivity contribution in [2.75, 3.05) is 13.7 Å². The van der Waals surface area contributed by atoms with E-state index < -0.39 is 23.5 Å². The van der Waals surface area contributed by atoms with Crippen LogP contribution in [0.3, 0.4) is 0 Å². The van der Waals surface area contributed by atoms with E-state index in [1.807, 2.05) is 0 Å². The predicted molar refractivity (Wildman–Crippen MR) is 91.1 cm³/mol. The number of carbonyl (C=O) groups is 2. The van der Waals surface area contributed by atoms with Gasteiger partial charge in [-0.05, 0) is 44.2 Å². The Morgan fingerprint density at radius 3 is 2.50 bits per heavy atom. The van der Waals surface area contributed by atoms with E-state index in [4.69, 9.17) is 10.8 Å². The molecule has 1 aromatic rings. The summed E-state index contributed by atoms with van der Waals surface area (Å²) in [5.41, 5.74) is 6.06. The molecule has 6 heteroatoms. The number of rotatable bonds is 5. The number of methoxy groups -OCH3 is 1. The molecule has 24 heavy (non-hydrogen) atoms. The molecule has 0 radical (unpaired) electrons. The van der Waals surface area contributed by atoms with Gasteiger partial charge in [0.1, 0.15) is 6.04 Å². The fraction of sp³-hybridized carbons (Fsp3) is 0.333. The molecule has 6 nitrogen and oxygen atoms in total. The zero-order valence-corrected chi connectivity index (χ0v) is 14.0. The SMILES string of the molecule is COC(=O)[C@@H](NC(=O)c1ccc(C#C/C=C/CO)cc1)C(C)(C)N. The van der Waals surface area contributed by atoms with Crippen molar-refractivity contribution in [3.8, 4) is 11.8 Å².